The average molecular weight is 355 g/mol. The number of nitrogen functional groups attached to an aromatic ring is 1. The molecule has 0 atom stereocenters. The van der Waals surface area contributed by atoms with E-state index in [1.807, 2.05) is 0 Å². The maximum absolute atomic E-state index is 13.7. The molecule has 1 rings (SSSR count). The van der Waals surface area contributed by atoms with Gasteiger partial charge in [0.25, 0.3) is 0 Å². The molecule has 0 radical (unpaired) electrons. The summed E-state index contributed by atoms with van der Waals surface area (Å²) in [5.74, 6) is -1.71. The first-order valence-corrected chi connectivity index (χ1v) is 7.21. The van der Waals surface area contributed by atoms with Crippen LogP contribution in [-0.2, 0) is 19.6 Å². The fourth-order valence-electron chi connectivity index (χ4n) is 1.24. The molecule has 0 fully saturated rings. The molecule has 106 valence electrons. The van der Waals surface area contributed by atoms with Gasteiger partial charge < -0.3 is 10.5 Å². The van der Waals surface area contributed by atoms with Crippen LogP contribution in [0.2, 0.25) is 0 Å². The number of halogens is 2. The number of likely N-dealkylation sites (N-methyl/N-ethyl adjacent to an activating group) is 1. The number of rotatable bonds is 4. The molecular weight excluding hydrogens is 343 g/mol. The van der Waals surface area contributed by atoms with E-state index in [-0.39, 0.29) is 10.2 Å². The minimum atomic E-state index is -4.16. The summed E-state index contributed by atoms with van der Waals surface area (Å²) in [5, 5.41) is 0. The first kappa shape index (κ1) is 15.9. The molecule has 1 aromatic rings. The smallest absolute Gasteiger partial charge is 0.321 e. The average Bonchev–Trinajstić information content (AvgIpc) is 2.33. The molecule has 0 aliphatic rings. The molecule has 0 bridgehead atoms. The van der Waals surface area contributed by atoms with E-state index in [9.17, 15) is 17.6 Å². The van der Waals surface area contributed by atoms with E-state index in [0.717, 1.165) is 26.3 Å². The van der Waals surface area contributed by atoms with Crippen molar-refractivity contribution in [1.29, 1.82) is 0 Å². The van der Waals surface area contributed by atoms with Gasteiger partial charge in [-0.05, 0) is 28.1 Å². The number of carbonyl (C=O) groups is 1. The Hall–Kier alpha value is -1.19. The predicted octanol–water partition coefficient (Wildman–Crippen LogP) is 0.964. The number of nitrogens with two attached hydrogens (primary N) is 1. The Morgan fingerprint density at radius 1 is 1.53 bits per heavy atom. The molecule has 6 nitrogen and oxygen atoms in total. The summed E-state index contributed by atoms with van der Waals surface area (Å²) in [6.07, 6.45) is 0. The lowest BCUT2D eigenvalue weighted by Gasteiger charge is -2.16. The highest BCUT2D eigenvalue weighted by atomic mass is 79.9. The molecule has 0 amide bonds. The van der Waals surface area contributed by atoms with Crippen molar-refractivity contribution in [3.63, 3.8) is 0 Å². The molecule has 0 aliphatic heterocycles. The summed E-state index contributed by atoms with van der Waals surface area (Å²) in [5.41, 5.74) is 5.60. The summed E-state index contributed by atoms with van der Waals surface area (Å²) >= 11 is 2.99. The zero-order valence-electron chi connectivity index (χ0n) is 10.2. The molecule has 0 heterocycles. The number of hydrogen-bond donors (Lipinski definition) is 1. The van der Waals surface area contributed by atoms with Gasteiger partial charge in [-0.3, -0.25) is 4.79 Å². The summed E-state index contributed by atoms with van der Waals surface area (Å²) in [6, 6.07) is 1.94. The number of benzene rings is 1. The van der Waals surface area contributed by atoms with Crippen molar-refractivity contribution < 1.29 is 22.3 Å². The molecule has 0 saturated carbocycles. The summed E-state index contributed by atoms with van der Waals surface area (Å²) in [7, 11) is -1.89. The van der Waals surface area contributed by atoms with Crippen LogP contribution in [0.3, 0.4) is 0 Å². The van der Waals surface area contributed by atoms with Gasteiger partial charge in [0, 0.05) is 17.2 Å². The molecule has 2 N–H and O–H groups in total. The highest BCUT2D eigenvalue weighted by Gasteiger charge is 2.27. The lowest BCUT2D eigenvalue weighted by Crippen LogP contribution is -2.33. The Morgan fingerprint density at radius 2 is 2.11 bits per heavy atom. The van der Waals surface area contributed by atoms with Crippen molar-refractivity contribution in [2.45, 2.75) is 4.90 Å². The van der Waals surface area contributed by atoms with E-state index in [4.69, 9.17) is 5.73 Å². The third-order valence-electron chi connectivity index (χ3n) is 2.32. The standard InChI is InChI=1S/C10H12BrFN2O4S/c1-14(5-10(15)18-2)19(16,17)9-4-8(13)6(11)3-7(9)12/h3-4H,5,13H2,1-2H3. The monoisotopic (exact) mass is 354 g/mol. The van der Waals surface area contributed by atoms with E-state index in [2.05, 4.69) is 20.7 Å². The molecule has 0 spiro atoms. The van der Waals surface area contributed by atoms with Crippen molar-refractivity contribution in [3.8, 4) is 0 Å². The van der Waals surface area contributed by atoms with Crippen LogP contribution in [0.5, 0.6) is 0 Å². The van der Waals surface area contributed by atoms with Gasteiger partial charge >= 0.3 is 5.97 Å². The lowest BCUT2D eigenvalue weighted by atomic mass is 10.3. The van der Waals surface area contributed by atoms with Gasteiger partial charge in [-0.15, -0.1) is 0 Å². The Balaban J connectivity index is 3.20. The molecular formula is C10H12BrFN2O4S. The van der Waals surface area contributed by atoms with Crippen LogP contribution < -0.4 is 5.73 Å². The second-order valence-electron chi connectivity index (χ2n) is 3.64. The van der Waals surface area contributed by atoms with Crippen molar-refractivity contribution >= 4 is 37.6 Å². The zero-order valence-corrected chi connectivity index (χ0v) is 12.6. The first-order chi connectivity index (χ1) is 8.70. The van der Waals surface area contributed by atoms with E-state index in [0.29, 0.717) is 4.31 Å². The SMILES string of the molecule is COC(=O)CN(C)S(=O)(=O)c1cc(N)c(Br)cc1F. The summed E-state index contributed by atoms with van der Waals surface area (Å²) in [6.45, 7) is -0.520. The van der Waals surface area contributed by atoms with E-state index >= 15 is 0 Å². The fraction of sp³-hybridized carbons (Fsp3) is 0.300. The van der Waals surface area contributed by atoms with Crippen molar-refractivity contribution in [3.05, 3.63) is 22.4 Å². The van der Waals surface area contributed by atoms with Gasteiger partial charge in [-0.1, -0.05) is 0 Å². The Kier molecular flexibility index (Phi) is 4.88. The molecule has 9 heteroatoms. The van der Waals surface area contributed by atoms with E-state index < -0.39 is 33.3 Å². The number of sulfonamides is 1. The van der Waals surface area contributed by atoms with Crippen LogP contribution in [-0.4, -0.2) is 39.4 Å². The molecule has 19 heavy (non-hydrogen) atoms. The van der Waals surface area contributed by atoms with Crippen LogP contribution in [0.15, 0.2) is 21.5 Å². The highest BCUT2D eigenvalue weighted by molar-refractivity contribution is 9.10. The Morgan fingerprint density at radius 3 is 2.63 bits per heavy atom. The normalized spacial score (nSPS) is 11.6. The quantitative estimate of drug-likeness (QED) is 0.642. The van der Waals surface area contributed by atoms with Gasteiger partial charge in [0.05, 0.1) is 7.11 Å². The molecule has 1 aromatic carbocycles. The highest BCUT2D eigenvalue weighted by Crippen LogP contribution is 2.27. The maximum atomic E-state index is 13.7. The first-order valence-electron chi connectivity index (χ1n) is 4.97. The summed E-state index contributed by atoms with van der Waals surface area (Å²) in [4.78, 5) is 10.5. The lowest BCUT2D eigenvalue weighted by molar-refractivity contribution is -0.140. The van der Waals surface area contributed by atoms with Crippen LogP contribution in [0.25, 0.3) is 0 Å². The zero-order chi connectivity index (χ0) is 14.8. The number of hydrogen-bond acceptors (Lipinski definition) is 5. The van der Waals surface area contributed by atoms with Gasteiger partial charge in [0.15, 0.2) is 0 Å². The topological polar surface area (TPSA) is 89.7 Å². The second kappa shape index (κ2) is 5.85. The molecule has 0 saturated heterocycles. The number of esters is 1. The number of carbonyl (C=O) groups excluding carboxylic acids is 1. The number of methoxy groups -OCH3 is 1. The van der Waals surface area contributed by atoms with Crippen LogP contribution in [0, 0.1) is 5.82 Å². The van der Waals surface area contributed by atoms with Gasteiger partial charge in [0.1, 0.15) is 17.3 Å². The van der Waals surface area contributed by atoms with Gasteiger partial charge in [0.2, 0.25) is 10.0 Å². The predicted molar refractivity (Wildman–Crippen MR) is 70.3 cm³/mol. The number of ether oxygens (including phenoxy) is 1. The van der Waals surface area contributed by atoms with Crippen LogP contribution >= 0.6 is 15.9 Å². The van der Waals surface area contributed by atoms with Crippen molar-refractivity contribution in [1.82, 2.24) is 4.31 Å². The van der Waals surface area contributed by atoms with Crippen LogP contribution in [0.1, 0.15) is 0 Å². The number of anilines is 1. The minimum absolute atomic E-state index is 0.0754. The number of nitrogens with zero attached hydrogens (tertiary/aromatic N) is 1. The van der Waals surface area contributed by atoms with Crippen molar-refractivity contribution in [2.24, 2.45) is 0 Å². The Labute approximate surface area is 118 Å². The van der Waals surface area contributed by atoms with Gasteiger partial charge in [-0.2, -0.15) is 4.31 Å². The van der Waals surface area contributed by atoms with Crippen molar-refractivity contribution in [2.75, 3.05) is 26.4 Å². The minimum Gasteiger partial charge on any atom is -0.468 e. The third-order valence-corrected chi connectivity index (χ3v) is 4.82. The Bertz CT molecular complexity index is 606. The van der Waals surface area contributed by atoms with E-state index in [1.54, 1.807) is 0 Å². The van der Waals surface area contributed by atoms with Crippen LogP contribution in [0.4, 0.5) is 10.1 Å². The molecule has 0 unspecified atom stereocenters. The van der Waals surface area contributed by atoms with E-state index in [1.165, 1.54) is 0 Å². The largest absolute Gasteiger partial charge is 0.468 e. The maximum Gasteiger partial charge on any atom is 0.321 e. The molecule has 0 aliphatic carbocycles. The fourth-order valence-corrected chi connectivity index (χ4v) is 2.75. The molecule has 0 aromatic heterocycles. The van der Waals surface area contributed by atoms with Gasteiger partial charge in [-0.25, -0.2) is 12.8 Å². The second-order valence-corrected chi connectivity index (χ2v) is 6.51. The summed E-state index contributed by atoms with van der Waals surface area (Å²) < 4.78 is 43.1. The third kappa shape index (κ3) is 3.43.